The Hall–Kier alpha value is -1.02. The van der Waals surface area contributed by atoms with Crippen LogP contribution in [0.4, 0.5) is 5.69 Å². The summed E-state index contributed by atoms with van der Waals surface area (Å²) in [6.45, 7) is 5.36. The molecule has 1 unspecified atom stereocenters. The first-order valence-electron chi connectivity index (χ1n) is 7.68. The van der Waals surface area contributed by atoms with Crippen molar-refractivity contribution in [2.45, 2.75) is 32.2 Å². The fraction of sp³-hybridized carbons (Fsp3) is 0.562. The minimum absolute atomic E-state index is 0. The van der Waals surface area contributed by atoms with Gasteiger partial charge in [0.05, 0.1) is 13.7 Å². The van der Waals surface area contributed by atoms with Crippen LogP contribution in [-0.2, 0) is 0 Å². The second kappa shape index (κ2) is 9.89. The van der Waals surface area contributed by atoms with E-state index in [9.17, 15) is 0 Å². The van der Waals surface area contributed by atoms with Crippen LogP contribution in [-0.4, -0.2) is 43.6 Å². The van der Waals surface area contributed by atoms with Gasteiger partial charge in [0.1, 0.15) is 5.75 Å². The molecular weight excluding hydrogens is 391 g/mol. The first-order chi connectivity index (χ1) is 10.2. The second-order valence-corrected chi connectivity index (χ2v) is 5.38. The summed E-state index contributed by atoms with van der Waals surface area (Å²) in [6, 6.07) is 8.16. The summed E-state index contributed by atoms with van der Waals surface area (Å²) in [5, 5.41) is 3.12. The smallest absolute Gasteiger partial charge is 0.193 e. The van der Waals surface area contributed by atoms with Crippen LogP contribution in [0, 0.1) is 0 Å². The fourth-order valence-corrected chi connectivity index (χ4v) is 2.67. The van der Waals surface area contributed by atoms with Crippen molar-refractivity contribution < 1.29 is 4.74 Å². The topological polar surface area (TPSA) is 62.9 Å². The molecule has 3 N–H and O–H groups in total. The first-order valence-corrected chi connectivity index (χ1v) is 7.68. The molecular formula is C16H27IN4O. The number of ether oxygens (including phenoxy) is 1. The second-order valence-electron chi connectivity index (χ2n) is 5.38. The van der Waals surface area contributed by atoms with Gasteiger partial charge in [0.15, 0.2) is 5.96 Å². The van der Waals surface area contributed by atoms with Gasteiger partial charge in [0.25, 0.3) is 0 Å². The molecule has 0 radical (unpaired) electrons. The van der Waals surface area contributed by atoms with Crippen LogP contribution in [0.5, 0.6) is 5.75 Å². The van der Waals surface area contributed by atoms with E-state index in [2.05, 4.69) is 22.1 Å². The summed E-state index contributed by atoms with van der Waals surface area (Å²) in [7, 11) is 1.65. The van der Waals surface area contributed by atoms with Gasteiger partial charge in [-0.25, -0.2) is 0 Å². The van der Waals surface area contributed by atoms with Gasteiger partial charge in [-0.15, -0.1) is 24.0 Å². The van der Waals surface area contributed by atoms with Crippen molar-refractivity contribution in [3.05, 3.63) is 24.3 Å². The van der Waals surface area contributed by atoms with Gasteiger partial charge in [-0.1, -0.05) is 6.92 Å². The molecule has 0 aromatic heterocycles. The zero-order chi connectivity index (χ0) is 15.1. The molecule has 1 heterocycles. The standard InChI is InChI=1S/C16H26N4O.HI/c1-3-14(20-10-4-5-11-20)12-18-16(17)19-13-6-8-15(21-2)9-7-13;/h6-9,14H,3-5,10-12H2,1-2H3,(H3,17,18,19);1H. The molecule has 1 aromatic rings. The van der Waals surface area contributed by atoms with Crippen LogP contribution < -0.4 is 15.8 Å². The molecule has 1 aliphatic heterocycles. The van der Waals surface area contributed by atoms with Gasteiger partial charge in [-0.3, -0.25) is 9.89 Å². The lowest BCUT2D eigenvalue weighted by atomic mass is 10.2. The van der Waals surface area contributed by atoms with E-state index in [1.807, 2.05) is 24.3 Å². The molecule has 2 rings (SSSR count). The van der Waals surface area contributed by atoms with Crippen LogP contribution >= 0.6 is 24.0 Å². The van der Waals surface area contributed by atoms with Crippen molar-refractivity contribution in [3.63, 3.8) is 0 Å². The summed E-state index contributed by atoms with van der Waals surface area (Å²) in [6.07, 6.45) is 3.72. The number of hydrogen-bond acceptors (Lipinski definition) is 3. The fourth-order valence-electron chi connectivity index (χ4n) is 2.67. The Kier molecular flexibility index (Phi) is 8.55. The number of benzene rings is 1. The highest BCUT2D eigenvalue weighted by Crippen LogP contribution is 2.16. The summed E-state index contributed by atoms with van der Waals surface area (Å²) >= 11 is 0. The number of nitrogens with two attached hydrogens (primary N) is 1. The van der Waals surface area contributed by atoms with Gasteiger partial charge in [-0.05, 0) is 56.6 Å². The van der Waals surface area contributed by atoms with Gasteiger partial charge >= 0.3 is 0 Å². The van der Waals surface area contributed by atoms with Gasteiger partial charge in [0, 0.05) is 11.7 Å². The van der Waals surface area contributed by atoms with E-state index in [1.54, 1.807) is 7.11 Å². The zero-order valence-electron chi connectivity index (χ0n) is 13.4. The number of anilines is 1. The zero-order valence-corrected chi connectivity index (χ0v) is 15.7. The Morgan fingerprint density at radius 1 is 1.32 bits per heavy atom. The van der Waals surface area contributed by atoms with Crippen molar-refractivity contribution in [3.8, 4) is 5.75 Å². The van der Waals surface area contributed by atoms with E-state index >= 15 is 0 Å². The monoisotopic (exact) mass is 418 g/mol. The Morgan fingerprint density at radius 2 is 1.95 bits per heavy atom. The molecule has 124 valence electrons. The quantitative estimate of drug-likeness (QED) is 0.424. The van der Waals surface area contributed by atoms with Gasteiger partial charge < -0.3 is 15.8 Å². The summed E-state index contributed by atoms with van der Waals surface area (Å²) in [5.41, 5.74) is 6.89. The molecule has 0 bridgehead atoms. The Balaban J connectivity index is 0.00000242. The maximum absolute atomic E-state index is 5.97. The number of methoxy groups -OCH3 is 1. The van der Waals surface area contributed by atoms with Crippen molar-refractivity contribution >= 4 is 35.6 Å². The molecule has 1 saturated heterocycles. The van der Waals surface area contributed by atoms with Crippen LogP contribution in [0.2, 0.25) is 0 Å². The number of aliphatic imine (C=N–C) groups is 1. The largest absolute Gasteiger partial charge is 0.497 e. The average molecular weight is 418 g/mol. The maximum Gasteiger partial charge on any atom is 0.193 e. The third kappa shape index (κ3) is 5.64. The lowest BCUT2D eigenvalue weighted by Crippen LogP contribution is -2.35. The minimum Gasteiger partial charge on any atom is -0.497 e. The van der Waals surface area contributed by atoms with Crippen molar-refractivity contribution in [2.24, 2.45) is 10.7 Å². The van der Waals surface area contributed by atoms with Crippen LogP contribution in [0.3, 0.4) is 0 Å². The van der Waals surface area contributed by atoms with Gasteiger partial charge in [-0.2, -0.15) is 0 Å². The first kappa shape index (κ1) is 19.0. The number of nitrogens with one attached hydrogen (secondary N) is 1. The molecule has 22 heavy (non-hydrogen) atoms. The highest BCUT2D eigenvalue weighted by Gasteiger charge is 2.19. The Bertz CT molecular complexity index is 458. The third-order valence-corrected chi connectivity index (χ3v) is 3.96. The van der Waals surface area contributed by atoms with E-state index < -0.39 is 0 Å². The molecule has 1 aromatic carbocycles. The molecule has 0 aliphatic carbocycles. The van der Waals surface area contributed by atoms with Crippen LogP contribution in [0.1, 0.15) is 26.2 Å². The third-order valence-electron chi connectivity index (χ3n) is 3.96. The molecule has 5 nitrogen and oxygen atoms in total. The van der Waals surface area contributed by atoms with E-state index in [1.165, 1.54) is 25.9 Å². The lowest BCUT2D eigenvalue weighted by molar-refractivity contribution is 0.242. The van der Waals surface area contributed by atoms with Crippen LogP contribution in [0.25, 0.3) is 0 Å². The van der Waals surface area contributed by atoms with E-state index in [0.29, 0.717) is 12.0 Å². The molecule has 6 heteroatoms. The number of likely N-dealkylation sites (tertiary alicyclic amines) is 1. The van der Waals surface area contributed by atoms with Crippen molar-refractivity contribution in [2.75, 3.05) is 32.1 Å². The number of halogens is 1. The molecule has 1 fully saturated rings. The summed E-state index contributed by atoms with van der Waals surface area (Å²) in [5.74, 6) is 1.30. The normalized spacial score (nSPS) is 16.9. The summed E-state index contributed by atoms with van der Waals surface area (Å²) < 4.78 is 5.13. The molecule has 0 amide bonds. The SMILES string of the molecule is CCC(CN=C(N)Nc1ccc(OC)cc1)N1CCCC1.I. The Labute approximate surface area is 150 Å². The number of guanidine groups is 1. The molecule has 1 aliphatic rings. The molecule has 0 saturated carbocycles. The number of hydrogen-bond donors (Lipinski definition) is 2. The Morgan fingerprint density at radius 3 is 2.50 bits per heavy atom. The van der Waals surface area contributed by atoms with E-state index in [0.717, 1.165) is 24.4 Å². The highest BCUT2D eigenvalue weighted by molar-refractivity contribution is 14.0. The highest BCUT2D eigenvalue weighted by atomic mass is 127. The van der Waals surface area contributed by atoms with Crippen LogP contribution in [0.15, 0.2) is 29.3 Å². The molecule has 0 spiro atoms. The van der Waals surface area contributed by atoms with E-state index in [-0.39, 0.29) is 24.0 Å². The number of rotatable bonds is 6. The predicted octanol–water partition coefficient (Wildman–Crippen LogP) is 2.91. The minimum atomic E-state index is 0. The van der Waals surface area contributed by atoms with Crippen molar-refractivity contribution in [1.29, 1.82) is 0 Å². The maximum atomic E-state index is 5.97. The van der Waals surface area contributed by atoms with Gasteiger partial charge in [0.2, 0.25) is 0 Å². The average Bonchev–Trinajstić information content (AvgIpc) is 3.03. The molecule has 1 atom stereocenters. The van der Waals surface area contributed by atoms with E-state index in [4.69, 9.17) is 10.5 Å². The lowest BCUT2D eigenvalue weighted by Gasteiger charge is -2.24. The van der Waals surface area contributed by atoms with Crippen molar-refractivity contribution in [1.82, 2.24) is 4.90 Å². The number of nitrogens with zero attached hydrogens (tertiary/aromatic N) is 2. The summed E-state index contributed by atoms with van der Waals surface area (Å²) in [4.78, 5) is 7.01. The predicted molar refractivity (Wildman–Crippen MR) is 103 cm³/mol.